The summed E-state index contributed by atoms with van der Waals surface area (Å²) in [7, 11) is 0. The van der Waals surface area contributed by atoms with Gasteiger partial charge >= 0.3 is 6.09 Å². The molecule has 156 valence electrons. The average molecular weight is 398 g/mol. The van der Waals surface area contributed by atoms with Crippen molar-refractivity contribution in [3.63, 3.8) is 0 Å². The van der Waals surface area contributed by atoms with E-state index >= 15 is 0 Å². The van der Waals surface area contributed by atoms with Crippen LogP contribution in [0, 0.1) is 0 Å². The maximum absolute atomic E-state index is 12.3. The third kappa shape index (κ3) is 5.94. The minimum atomic E-state index is -0.475. The van der Waals surface area contributed by atoms with Crippen molar-refractivity contribution in [3.05, 3.63) is 59.4 Å². The molecule has 2 heterocycles. The fourth-order valence-corrected chi connectivity index (χ4v) is 3.40. The molecule has 6 nitrogen and oxygen atoms in total. The molecule has 0 aliphatic carbocycles. The van der Waals surface area contributed by atoms with Gasteiger partial charge in [0.1, 0.15) is 5.60 Å². The Morgan fingerprint density at radius 3 is 2.66 bits per heavy atom. The summed E-state index contributed by atoms with van der Waals surface area (Å²) in [5.41, 5.74) is 3.55. The molecular weight excluding hydrogens is 366 g/mol. The molecule has 0 bridgehead atoms. The normalized spacial score (nSPS) is 20.8. The van der Waals surface area contributed by atoms with E-state index in [1.54, 1.807) is 4.90 Å². The lowest BCUT2D eigenvalue weighted by molar-refractivity contribution is 0.0171. The number of benzene rings is 1. The predicted molar refractivity (Wildman–Crippen MR) is 115 cm³/mol. The number of aliphatic imine (C=N–C) groups is 1. The zero-order chi connectivity index (χ0) is 20.9. The summed E-state index contributed by atoms with van der Waals surface area (Å²) in [6, 6.07) is 7.91. The Kier molecular flexibility index (Phi) is 6.75. The first-order valence-corrected chi connectivity index (χ1v) is 10.2. The van der Waals surface area contributed by atoms with Crippen LogP contribution in [-0.2, 0) is 11.3 Å². The van der Waals surface area contributed by atoms with E-state index in [2.05, 4.69) is 17.1 Å². The predicted octanol–water partition coefficient (Wildman–Crippen LogP) is 3.71. The lowest BCUT2D eigenvalue weighted by atomic mass is 10.0. The number of allylic oxidation sites excluding steroid dienone is 2. The smallest absolute Gasteiger partial charge is 0.410 e. The van der Waals surface area contributed by atoms with E-state index in [-0.39, 0.29) is 12.7 Å². The Balaban J connectivity index is 1.68. The van der Waals surface area contributed by atoms with E-state index in [1.807, 2.05) is 51.2 Å². The summed E-state index contributed by atoms with van der Waals surface area (Å²) < 4.78 is 5.48. The number of hydrogen-bond donors (Lipinski definition) is 1. The number of nitrogens with zero attached hydrogens (tertiary/aromatic N) is 3. The van der Waals surface area contributed by atoms with Gasteiger partial charge in [0.25, 0.3) is 0 Å². The molecule has 0 saturated carbocycles. The molecule has 1 aromatic carbocycles. The van der Waals surface area contributed by atoms with Crippen molar-refractivity contribution in [1.82, 2.24) is 9.80 Å². The Morgan fingerprint density at radius 1 is 1.21 bits per heavy atom. The van der Waals surface area contributed by atoms with Gasteiger partial charge in [-0.2, -0.15) is 0 Å². The summed E-state index contributed by atoms with van der Waals surface area (Å²) in [5.74, 6) is 0. The van der Waals surface area contributed by atoms with E-state index in [4.69, 9.17) is 9.73 Å². The molecule has 0 spiro atoms. The highest BCUT2D eigenvalue weighted by atomic mass is 16.6. The molecule has 6 heteroatoms. The number of aliphatic hydroxyl groups is 1. The van der Waals surface area contributed by atoms with Crippen molar-refractivity contribution in [1.29, 1.82) is 0 Å². The van der Waals surface area contributed by atoms with Crippen LogP contribution in [0.4, 0.5) is 4.79 Å². The summed E-state index contributed by atoms with van der Waals surface area (Å²) in [6.07, 6.45) is 7.74. The Bertz CT molecular complexity index is 813. The lowest BCUT2D eigenvalue weighted by Gasteiger charge is -2.37. The molecule has 3 rings (SSSR count). The topological polar surface area (TPSA) is 65.4 Å². The van der Waals surface area contributed by atoms with Gasteiger partial charge in [-0.3, -0.25) is 4.99 Å². The zero-order valence-corrected chi connectivity index (χ0v) is 17.6. The number of piperazine rings is 1. The number of rotatable bonds is 3. The van der Waals surface area contributed by atoms with Gasteiger partial charge in [-0.25, -0.2) is 4.79 Å². The van der Waals surface area contributed by atoms with E-state index in [1.165, 1.54) is 0 Å². The molecular formula is C23H31N3O3. The zero-order valence-electron chi connectivity index (χ0n) is 17.6. The van der Waals surface area contributed by atoms with Crippen molar-refractivity contribution >= 4 is 11.8 Å². The first-order chi connectivity index (χ1) is 13.9. The van der Waals surface area contributed by atoms with Gasteiger partial charge in [-0.1, -0.05) is 24.3 Å². The number of carbonyl (C=O) groups excluding carboxylic acids is 1. The molecule has 2 aliphatic rings. The number of aliphatic hydroxyl groups excluding tert-OH is 1. The molecule has 1 fully saturated rings. The summed E-state index contributed by atoms with van der Waals surface area (Å²) in [5, 5.41) is 9.39. The third-order valence-corrected chi connectivity index (χ3v) is 4.93. The van der Waals surface area contributed by atoms with Crippen LogP contribution < -0.4 is 0 Å². The molecule has 0 aromatic heterocycles. The van der Waals surface area contributed by atoms with Gasteiger partial charge in [0.05, 0.1) is 18.5 Å². The number of carbonyl (C=O) groups is 1. The van der Waals surface area contributed by atoms with Crippen LogP contribution in [0.15, 0.2) is 53.3 Å². The maximum Gasteiger partial charge on any atom is 0.410 e. The molecule has 0 atom stereocenters. The Morgan fingerprint density at radius 2 is 1.97 bits per heavy atom. The average Bonchev–Trinajstić information content (AvgIpc) is 2.67. The van der Waals surface area contributed by atoms with Gasteiger partial charge in [-0.05, 0) is 56.9 Å². The first-order valence-electron chi connectivity index (χ1n) is 10.2. The fraction of sp³-hybridized carbons (Fsp3) is 0.478. The van der Waals surface area contributed by atoms with Crippen molar-refractivity contribution in [2.45, 2.75) is 45.8 Å². The van der Waals surface area contributed by atoms with Gasteiger partial charge in [0.15, 0.2) is 0 Å². The van der Waals surface area contributed by atoms with Crippen LogP contribution in [0.5, 0.6) is 0 Å². The molecule has 1 N–H and O–H groups in total. The number of amides is 1. The number of ether oxygens (including phenoxy) is 1. The SMILES string of the molecule is CC(C)(C)OC(=O)N1CCN(C2=C/N=C(c3cccc(CO)c3)CC/C=C\2)CC1. The highest BCUT2D eigenvalue weighted by molar-refractivity contribution is 6.01. The lowest BCUT2D eigenvalue weighted by Crippen LogP contribution is -2.49. The van der Waals surface area contributed by atoms with Gasteiger partial charge in [0, 0.05) is 31.9 Å². The van der Waals surface area contributed by atoms with Crippen LogP contribution in [0.3, 0.4) is 0 Å². The summed E-state index contributed by atoms with van der Waals surface area (Å²) >= 11 is 0. The minimum absolute atomic E-state index is 0.0318. The van der Waals surface area contributed by atoms with Crippen molar-refractivity contribution in [2.75, 3.05) is 26.2 Å². The minimum Gasteiger partial charge on any atom is -0.444 e. The van der Waals surface area contributed by atoms with Crippen LogP contribution in [0.1, 0.15) is 44.7 Å². The summed E-state index contributed by atoms with van der Waals surface area (Å²) in [6.45, 7) is 8.46. The van der Waals surface area contributed by atoms with Crippen LogP contribution in [0.2, 0.25) is 0 Å². The molecule has 2 aliphatic heterocycles. The highest BCUT2D eigenvalue weighted by Crippen LogP contribution is 2.18. The van der Waals surface area contributed by atoms with Gasteiger partial charge in [-0.15, -0.1) is 0 Å². The van der Waals surface area contributed by atoms with Gasteiger partial charge < -0.3 is 19.6 Å². The monoisotopic (exact) mass is 397 g/mol. The van der Waals surface area contributed by atoms with E-state index in [0.717, 1.165) is 48.5 Å². The van der Waals surface area contributed by atoms with Crippen LogP contribution >= 0.6 is 0 Å². The second-order valence-corrected chi connectivity index (χ2v) is 8.38. The Labute approximate surface area is 173 Å². The maximum atomic E-state index is 12.3. The first kappa shape index (κ1) is 21.1. The van der Waals surface area contributed by atoms with Crippen LogP contribution in [0.25, 0.3) is 0 Å². The molecule has 0 radical (unpaired) electrons. The van der Waals surface area contributed by atoms with Crippen molar-refractivity contribution < 1.29 is 14.6 Å². The van der Waals surface area contributed by atoms with Crippen molar-refractivity contribution in [2.24, 2.45) is 4.99 Å². The molecule has 1 aromatic rings. The number of hydrogen-bond acceptors (Lipinski definition) is 5. The summed E-state index contributed by atoms with van der Waals surface area (Å²) in [4.78, 5) is 21.1. The molecule has 1 amide bonds. The highest BCUT2D eigenvalue weighted by Gasteiger charge is 2.26. The van der Waals surface area contributed by atoms with E-state index in [9.17, 15) is 9.90 Å². The quantitative estimate of drug-likeness (QED) is 0.844. The second kappa shape index (κ2) is 9.27. The second-order valence-electron chi connectivity index (χ2n) is 8.38. The third-order valence-electron chi connectivity index (χ3n) is 4.93. The van der Waals surface area contributed by atoms with Crippen molar-refractivity contribution in [3.8, 4) is 0 Å². The largest absolute Gasteiger partial charge is 0.444 e. The van der Waals surface area contributed by atoms with Gasteiger partial charge in [0.2, 0.25) is 0 Å². The fourth-order valence-electron chi connectivity index (χ4n) is 3.40. The standard InChI is InChI=1S/C23H31N3O3/c1-23(2,3)29-22(28)26-13-11-25(12-14-26)20-9-4-5-10-21(24-16-20)19-8-6-7-18(15-19)17-27/h4,6-9,15-16,27H,5,10-14,17H2,1-3H3/b9-4-,20-16+,24-21?. The van der Waals surface area contributed by atoms with Crippen LogP contribution in [-0.4, -0.2) is 58.5 Å². The van der Waals surface area contributed by atoms with E-state index in [0.29, 0.717) is 13.1 Å². The molecule has 1 saturated heterocycles. The molecule has 0 unspecified atom stereocenters. The van der Waals surface area contributed by atoms with E-state index < -0.39 is 5.60 Å². The molecule has 29 heavy (non-hydrogen) atoms. The Hall–Kier alpha value is -2.60.